The molecule has 2 nitrogen and oxygen atoms in total. The van der Waals surface area contributed by atoms with Crippen LogP contribution in [0.3, 0.4) is 0 Å². The number of hydrogen-bond acceptors (Lipinski definition) is 2. The van der Waals surface area contributed by atoms with Crippen LogP contribution in [0.15, 0.2) is 36.4 Å². The topological polar surface area (TPSA) is 21.3 Å². The maximum atomic E-state index is 14.0. The molecule has 5 heteroatoms. The van der Waals surface area contributed by atoms with Gasteiger partial charge in [-0.25, -0.2) is 8.78 Å². The zero-order chi connectivity index (χ0) is 14.7. The highest BCUT2D eigenvalue weighted by atomic mass is 35.5. The van der Waals surface area contributed by atoms with Gasteiger partial charge in [-0.05, 0) is 25.2 Å². The molecule has 0 bridgehead atoms. The summed E-state index contributed by atoms with van der Waals surface area (Å²) >= 11 is 5.91. The monoisotopic (exact) mass is 297 g/mol. The molecule has 1 N–H and O–H groups in total. The molecule has 0 saturated heterocycles. The molecular formula is C15H14ClF2NO. The largest absolute Gasteiger partial charge is 0.496 e. The van der Waals surface area contributed by atoms with Crippen molar-refractivity contribution in [1.82, 2.24) is 5.32 Å². The number of nitrogens with one attached hydrogen (secondary N) is 1. The normalized spacial score (nSPS) is 12.2. The molecular weight excluding hydrogens is 284 g/mol. The summed E-state index contributed by atoms with van der Waals surface area (Å²) in [7, 11) is 3.17. The first-order valence-electron chi connectivity index (χ1n) is 6.03. The Bertz CT molecular complexity index is 619. The first kappa shape index (κ1) is 14.8. The first-order chi connectivity index (χ1) is 9.58. The molecule has 2 rings (SSSR count). The molecule has 0 amide bonds. The summed E-state index contributed by atoms with van der Waals surface area (Å²) in [6, 6.07) is 8.61. The Labute approximate surface area is 121 Å². The van der Waals surface area contributed by atoms with E-state index in [9.17, 15) is 8.78 Å². The summed E-state index contributed by atoms with van der Waals surface area (Å²) in [6.07, 6.45) is 0. The summed E-state index contributed by atoms with van der Waals surface area (Å²) in [5.74, 6) is -1.24. The molecule has 0 fully saturated rings. The Morgan fingerprint density at radius 1 is 1.15 bits per heavy atom. The van der Waals surface area contributed by atoms with Crippen LogP contribution in [0, 0.1) is 11.6 Å². The van der Waals surface area contributed by atoms with Gasteiger partial charge in [0.2, 0.25) is 0 Å². The molecule has 0 aliphatic rings. The van der Waals surface area contributed by atoms with Gasteiger partial charge in [-0.2, -0.15) is 0 Å². The molecule has 2 aromatic carbocycles. The van der Waals surface area contributed by atoms with Crippen molar-refractivity contribution in [2.24, 2.45) is 0 Å². The van der Waals surface area contributed by atoms with Gasteiger partial charge in [0.05, 0.1) is 13.2 Å². The molecule has 20 heavy (non-hydrogen) atoms. The van der Waals surface area contributed by atoms with E-state index in [0.717, 1.165) is 6.07 Å². The van der Waals surface area contributed by atoms with Crippen molar-refractivity contribution in [3.8, 4) is 5.75 Å². The SMILES string of the molecule is CNC(c1ccc(Cl)cc1OC)c1cccc(F)c1F. The Balaban J connectivity index is 2.55. The number of halogens is 3. The highest BCUT2D eigenvalue weighted by Gasteiger charge is 2.21. The van der Waals surface area contributed by atoms with Crippen molar-refractivity contribution in [1.29, 1.82) is 0 Å². The molecule has 0 radical (unpaired) electrons. The minimum Gasteiger partial charge on any atom is -0.496 e. The van der Waals surface area contributed by atoms with E-state index in [1.54, 1.807) is 25.2 Å². The third-order valence-electron chi connectivity index (χ3n) is 3.09. The maximum absolute atomic E-state index is 14.0. The average molecular weight is 298 g/mol. The number of ether oxygens (including phenoxy) is 1. The molecule has 0 aliphatic carbocycles. The van der Waals surface area contributed by atoms with Gasteiger partial charge in [-0.1, -0.05) is 29.8 Å². The number of rotatable bonds is 4. The van der Waals surface area contributed by atoms with E-state index in [-0.39, 0.29) is 5.56 Å². The second-order valence-corrected chi connectivity index (χ2v) is 4.69. The lowest BCUT2D eigenvalue weighted by Crippen LogP contribution is -2.20. The molecule has 0 aromatic heterocycles. The number of hydrogen-bond donors (Lipinski definition) is 1. The van der Waals surface area contributed by atoms with Crippen LogP contribution in [-0.2, 0) is 0 Å². The van der Waals surface area contributed by atoms with Crippen LogP contribution in [0.4, 0.5) is 8.78 Å². The Kier molecular flexibility index (Phi) is 4.57. The highest BCUT2D eigenvalue weighted by Crippen LogP contribution is 2.33. The molecule has 0 spiro atoms. The lowest BCUT2D eigenvalue weighted by Gasteiger charge is -2.20. The molecule has 0 aliphatic heterocycles. The van der Waals surface area contributed by atoms with Crippen LogP contribution in [0.25, 0.3) is 0 Å². The minimum absolute atomic E-state index is 0.216. The van der Waals surface area contributed by atoms with Gasteiger partial charge < -0.3 is 10.1 Å². The molecule has 106 valence electrons. The van der Waals surface area contributed by atoms with Gasteiger partial charge >= 0.3 is 0 Å². The van der Waals surface area contributed by atoms with Gasteiger partial charge in [-0.3, -0.25) is 0 Å². The van der Waals surface area contributed by atoms with Crippen LogP contribution in [0.1, 0.15) is 17.2 Å². The van der Waals surface area contributed by atoms with E-state index in [2.05, 4.69) is 5.32 Å². The fourth-order valence-corrected chi connectivity index (χ4v) is 2.31. The predicted octanol–water partition coefficient (Wildman–Crippen LogP) is 3.94. The second-order valence-electron chi connectivity index (χ2n) is 4.25. The lowest BCUT2D eigenvalue weighted by atomic mass is 9.97. The summed E-state index contributed by atoms with van der Waals surface area (Å²) in [5, 5.41) is 3.48. The van der Waals surface area contributed by atoms with E-state index in [0.29, 0.717) is 16.3 Å². The van der Waals surface area contributed by atoms with Crippen LogP contribution >= 0.6 is 11.6 Å². The lowest BCUT2D eigenvalue weighted by molar-refractivity contribution is 0.403. The van der Waals surface area contributed by atoms with Gasteiger partial charge in [0.15, 0.2) is 11.6 Å². The minimum atomic E-state index is -0.879. The average Bonchev–Trinajstić information content (AvgIpc) is 2.45. The zero-order valence-corrected chi connectivity index (χ0v) is 11.8. The maximum Gasteiger partial charge on any atom is 0.163 e. The van der Waals surface area contributed by atoms with Crippen molar-refractivity contribution < 1.29 is 13.5 Å². The highest BCUT2D eigenvalue weighted by molar-refractivity contribution is 6.30. The summed E-state index contributed by atoms with van der Waals surface area (Å²) in [6.45, 7) is 0. The van der Waals surface area contributed by atoms with Gasteiger partial charge in [-0.15, -0.1) is 0 Å². The predicted molar refractivity (Wildman–Crippen MR) is 75.3 cm³/mol. The van der Waals surface area contributed by atoms with Crippen LogP contribution in [0.5, 0.6) is 5.75 Å². The summed E-state index contributed by atoms with van der Waals surface area (Å²) in [5.41, 5.74) is 0.900. The molecule has 0 heterocycles. The Morgan fingerprint density at radius 2 is 1.90 bits per heavy atom. The molecule has 0 saturated carbocycles. The van der Waals surface area contributed by atoms with Crippen LogP contribution in [-0.4, -0.2) is 14.2 Å². The standard InChI is InChI=1S/C15H14ClF2NO/c1-19-15(11-4-3-5-12(17)14(11)18)10-7-6-9(16)8-13(10)20-2/h3-8,15,19H,1-2H3. The van der Waals surface area contributed by atoms with E-state index >= 15 is 0 Å². The number of benzene rings is 2. The van der Waals surface area contributed by atoms with Crippen molar-refractivity contribution in [2.75, 3.05) is 14.2 Å². The fraction of sp³-hybridized carbons (Fsp3) is 0.200. The molecule has 1 atom stereocenters. The van der Waals surface area contributed by atoms with Crippen molar-refractivity contribution in [3.63, 3.8) is 0 Å². The second kappa shape index (κ2) is 6.20. The Hall–Kier alpha value is -1.65. The number of methoxy groups -OCH3 is 1. The fourth-order valence-electron chi connectivity index (χ4n) is 2.15. The summed E-state index contributed by atoms with van der Waals surface area (Å²) in [4.78, 5) is 0. The van der Waals surface area contributed by atoms with Crippen LogP contribution < -0.4 is 10.1 Å². The smallest absolute Gasteiger partial charge is 0.163 e. The van der Waals surface area contributed by atoms with E-state index in [1.807, 2.05) is 0 Å². The molecule has 1 unspecified atom stereocenters. The zero-order valence-electron chi connectivity index (χ0n) is 11.1. The summed E-state index contributed by atoms with van der Waals surface area (Å²) < 4.78 is 32.6. The van der Waals surface area contributed by atoms with E-state index < -0.39 is 17.7 Å². The van der Waals surface area contributed by atoms with Crippen LogP contribution in [0.2, 0.25) is 5.02 Å². The van der Waals surface area contributed by atoms with E-state index in [1.165, 1.54) is 19.2 Å². The quantitative estimate of drug-likeness (QED) is 0.923. The van der Waals surface area contributed by atoms with Gasteiger partial charge in [0.1, 0.15) is 5.75 Å². The van der Waals surface area contributed by atoms with Gasteiger partial charge in [0.25, 0.3) is 0 Å². The van der Waals surface area contributed by atoms with Crippen molar-refractivity contribution >= 4 is 11.6 Å². The third-order valence-corrected chi connectivity index (χ3v) is 3.32. The Morgan fingerprint density at radius 3 is 2.55 bits per heavy atom. The van der Waals surface area contributed by atoms with Crippen molar-refractivity contribution in [2.45, 2.75) is 6.04 Å². The molecule has 2 aromatic rings. The van der Waals surface area contributed by atoms with Crippen molar-refractivity contribution in [3.05, 3.63) is 64.2 Å². The first-order valence-corrected chi connectivity index (χ1v) is 6.41. The van der Waals surface area contributed by atoms with E-state index in [4.69, 9.17) is 16.3 Å². The van der Waals surface area contributed by atoms with Gasteiger partial charge in [0, 0.05) is 16.1 Å². The third kappa shape index (κ3) is 2.76.